The maximum Gasteiger partial charge on any atom is 0.216 e. The van der Waals surface area contributed by atoms with Gasteiger partial charge in [-0.1, -0.05) is 30.3 Å². The van der Waals surface area contributed by atoms with Gasteiger partial charge in [0.2, 0.25) is 10.0 Å². The Kier molecular flexibility index (Phi) is 3.69. The Hall–Kier alpha value is -1.73. The van der Waals surface area contributed by atoms with Crippen molar-refractivity contribution in [2.75, 3.05) is 13.1 Å². The molecule has 2 aliphatic rings. The first-order valence-corrected chi connectivity index (χ1v) is 9.60. The zero-order valence-corrected chi connectivity index (χ0v) is 13.7. The van der Waals surface area contributed by atoms with E-state index in [4.69, 9.17) is 0 Å². The summed E-state index contributed by atoms with van der Waals surface area (Å²) in [6.45, 7) is 1.19. The van der Waals surface area contributed by atoms with Crippen LogP contribution in [0.3, 0.4) is 0 Å². The average Bonchev–Trinajstić information content (AvgIpc) is 3.34. The Morgan fingerprint density at radius 3 is 2.35 bits per heavy atom. The Bertz CT molecular complexity index is 775. The predicted octanol–water partition coefficient (Wildman–Crippen LogP) is 2.07. The lowest BCUT2D eigenvalue weighted by atomic mass is 10.1. The lowest BCUT2D eigenvalue weighted by Crippen LogP contribution is -2.40. The van der Waals surface area contributed by atoms with Gasteiger partial charge in [-0.2, -0.15) is 0 Å². The molecule has 0 atom stereocenters. The van der Waals surface area contributed by atoms with E-state index in [0.717, 1.165) is 37.1 Å². The Morgan fingerprint density at radius 2 is 1.70 bits per heavy atom. The molecule has 1 aliphatic carbocycles. The topological polar surface area (TPSA) is 68.1 Å². The Balaban J connectivity index is 1.50. The Labute approximate surface area is 136 Å². The number of piperidine rings is 1. The van der Waals surface area contributed by atoms with E-state index in [2.05, 4.69) is 14.8 Å². The molecule has 0 unspecified atom stereocenters. The highest BCUT2D eigenvalue weighted by Gasteiger charge is 2.41. The summed E-state index contributed by atoms with van der Waals surface area (Å²) in [5, 5.41) is 8.19. The second-order valence-electron chi connectivity index (χ2n) is 6.30. The molecule has 2 fully saturated rings. The molecule has 1 aromatic carbocycles. The molecule has 0 N–H and O–H groups in total. The van der Waals surface area contributed by atoms with Crippen LogP contribution >= 0.6 is 0 Å². The molecule has 0 spiro atoms. The van der Waals surface area contributed by atoms with Crippen LogP contribution in [0.1, 0.15) is 31.7 Å². The summed E-state index contributed by atoms with van der Waals surface area (Å²) < 4.78 is 28.4. The third-order valence-corrected chi connectivity index (χ3v) is 7.13. The van der Waals surface area contributed by atoms with Crippen molar-refractivity contribution in [2.45, 2.75) is 37.0 Å². The minimum atomic E-state index is -3.05. The molecule has 1 saturated carbocycles. The van der Waals surface area contributed by atoms with Gasteiger partial charge in [0.15, 0.2) is 5.82 Å². The first-order chi connectivity index (χ1) is 11.2. The quantitative estimate of drug-likeness (QED) is 0.859. The third-order valence-electron chi connectivity index (χ3n) is 4.73. The second-order valence-corrected chi connectivity index (χ2v) is 8.52. The number of benzene rings is 1. The van der Waals surface area contributed by atoms with Gasteiger partial charge in [0.25, 0.3) is 0 Å². The van der Waals surface area contributed by atoms with Crippen LogP contribution in [0.15, 0.2) is 36.7 Å². The lowest BCUT2D eigenvalue weighted by Gasteiger charge is -2.32. The van der Waals surface area contributed by atoms with Gasteiger partial charge in [0.1, 0.15) is 6.33 Å². The number of rotatable bonds is 4. The van der Waals surface area contributed by atoms with Crippen molar-refractivity contribution < 1.29 is 8.42 Å². The molecule has 7 heteroatoms. The van der Waals surface area contributed by atoms with E-state index in [1.54, 1.807) is 10.6 Å². The van der Waals surface area contributed by atoms with Gasteiger partial charge >= 0.3 is 0 Å². The summed E-state index contributed by atoms with van der Waals surface area (Å²) in [5.41, 5.74) is 1.04. The molecule has 2 aromatic rings. The van der Waals surface area contributed by atoms with Crippen molar-refractivity contribution in [1.82, 2.24) is 19.1 Å². The van der Waals surface area contributed by atoms with Crippen LogP contribution < -0.4 is 0 Å². The number of nitrogens with zero attached hydrogens (tertiary/aromatic N) is 4. The number of sulfonamides is 1. The number of hydrogen-bond donors (Lipinski definition) is 0. The molecular formula is C16H20N4O2S. The van der Waals surface area contributed by atoms with Crippen molar-refractivity contribution in [3.8, 4) is 11.4 Å². The minimum Gasteiger partial charge on any atom is -0.310 e. The van der Waals surface area contributed by atoms with Gasteiger partial charge in [0, 0.05) is 24.7 Å². The molecule has 122 valence electrons. The second kappa shape index (κ2) is 5.72. The van der Waals surface area contributed by atoms with Crippen molar-refractivity contribution >= 4 is 10.0 Å². The van der Waals surface area contributed by atoms with Gasteiger partial charge in [-0.05, 0) is 25.7 Å². The van der Waals surface area contributed by atoms with E-state index in [1.807, 2.05) is 30.3 Å². The Morgan fingerprint density at radius 1 is 1.00 bits per heavy atom. The number of hydrogen-bond acceptors (Lipinski definition) is 4. The molecule has 4 rings (SSSR count). The molecule has 0 radical (unpaired) electrons. The smallest absolute Gasteiger partial charge is 0.216 e. The average molecular weight is 332 g/mol. The predicted molar refractivity (Wildman–Crippen MR) is 87.2 cm³/mol. The summed E-state index contributed by atoms with van der Waals surface area (Å²) in [4.78, 5) is 0. The van der Waals surface area contributed by atoms with E-state index < -0.39 is 10.0 Å². The van der Waals surface area contributed by atoms with Crippen LogP contribution in [-0.2, 0) is 10.0 Å². The van der Waals surface area contributed by atoms with Gasteiger partial charge in [-0.3, -0.25) is 0 Å². The van der Waals surface area contributed by atoms with Crippen LogP contribution in [0.25, 0.3) is 11.4 Å². The maximum absolute atomic E-state index is 12.3. The zero-order valence-electron chi connectivity index (χ0n) is 12.9. The summed E-state index contributed by atoms with van der Waals surface area (Å²) in [5.74, 6) is 0.856. The van der Waals surface area contributed by atoms with Crippen LogP contribution in [-0.4, -0.2) is 45.8 Å². The highest BCUT2D eigenvalue weighted by molar-refractivity contribution is 7.90. The largest absolute Gasteiger partial charge is 0.310 e. The number of aromatic nitrogens is 3. The van der Waals surface area contributed by atoms with Gasteiger partial charge in [0.05, 0.1) is 5.25 Å². The highest BCUT2D eigenvalue weighted by Crippen LogP contribution is 2.34. The van der Waals surface area contributed by atoms with Crippen molar-refractivity contribution in [2.24, 2.45) is 0 Å². The first kappa shape index (κ1) is 14.8. The van der Waals surface area contributed by atoms with Crippen molar-refractivity contribution in [3.63, 3.8) is 0 Å². The van der Waals surface area contributed by atoms with Crippen LogP contribution in [0, 0.1) is 0 Å². The van der Waals surface area contributed by atoms with Gasteiger partial charge < -0.3 is 4.57 Å². The first-order valence-electron chi connectivity index (χ1n) is 8.10. The standard InChI is InChI=1S/C16H20N4O2S/c21-23(22,15-6-7-15)19-10-8-14(9-11-19)20-12-17-18-16(20)13-4-2-1-3-5-13/h1-5,12,14-15H,6-11H2. The fourth-order valence-electron chi connectivity index (χ4n) is 3.26. The normalized spacial score (nSPS) is 20.7. The lowest BCUT2D eigenvalue weighted by molar-refractivity contribution is 0.274. The molecular weight excluding hydrogens is 312 g/mol. The minimum absolute atomic E-state index is 0.117. The summed E-state index contributed by atoms with van der Waals surface area (Å²) in [6, 6.07) is 10.2. The molecule has 1 aliphatic heterocycles. The van der Waals surface area contributed by atoms with Gasteiger partial charge in [-0.25, -0.2) is 12.7 Å². The molecule has 23 heavy (non-hydrogen) atoms. The summed E-state index contributed by atoms with van der Waals surface area (Å²) in [7, 11) is -3.05. The van der Waals surface area contributed by atoms with Crippen LogP contribution in [0.2, 0.25) is 0 Å². The van der Waals surface area contributed by atoms with Crippen molar-refractivity contribution in [3.05, 3.63) is 36.7 Å². The van der Waals surface area contributed by atoms with E-state index in [-0.39, 0.29) is 11.3 Å². The molecule has 6 nitrogen and oxygen atoms in total. The van der Waals surface area contributed by atoms with E-state index >= 15 is 0 Å². The van der Waals surface area contributed by atoms with E-state index in [0.29, 0.717) is 13.1 Å². The van der Waals surface area contributed by atoms with Crippen molar-refractivity contribution in [1.29, 1.82) is 0 Å². The zero-order chi connectivity index (χ0) is 15.9. The monoisotopic (exact) mass is 332 g/mol. The molecule has 1 saturated heterocycles. The van der Waals surface area contributed by atoms with Crippen LogP contribution in [0.4, 0.5) is 0 Å². The van der Waals surface area contributed by atoms with E-state index in [1.165, 1.54) is 0 Å². The maximum atomic E-state index is 12.3. The fraction of sp³-hybridized carbons (Fsp3) is 0.500. The third kappa shape index (κ3) is 2.79. The summed E-state index contributed by atoms with van der Waals surface area (Å²) in [6.07, 6.45) is 5.03. The molecule has 2 heterocycles. The highest BCUT2D eigenvalue weighted by atomic mass is 32.2. The van der Waals surface area contributed by atoms with Crippen LogP contribution in [0.5, 0.6) is 0 Å². The van der Waals surface area contributed by atoms with E-state index in [9.17, 15) is 8.42 Å². The summed E-state index contributed by atoms with van der Waals surface area (Å²) >= 11 is 0. The molecule has 0 bridgehead atoms. The molecule has 0 amide bonds. The fourth-order valence-corrected chi connectivity index (χ4v) is 5.13. The van der Waals surface area contributed by atoms with Gasteiger partial charge in [-0.15, -0.1) is 10.2 Å². The SMILES string of the molecule is O=S(=O)(C1CC1)N1CCC(n2cnnc2-c2ccccc2)CC1. The molecule has 1 aromatic heterocycles.